The van der Waals surface area contributed by atoms with E-state index in [9.17, 15) is 4.79 Å². The summed E-state index contributed by atoms with van der Waals surface area (Å²) < 4.78 is 11.2. The highest BCUT2D eigenvalue weighted by Crippen LogP contribution is 2.29. The molecule has 0 saturated carbocycles. The number of rotatable bonds is 3. The number of nitrogens with two attached hydrogens (primary N) is 1. The van der Waals surface area contributed by atoms with Crippen molar-refractivity contribution < 1.29 is 14.3 Å². The van der Waals surface area contributed by atoms with E-state index in [4.69, 9.17) is 15.2 Å². The molecule has 22 heavy (non-hydrogen) atoms. The zero-order valence-corrected chi connectivity index (χ0v) is 13.0. The number of amides is 1. The Bertz CT molecular complexity index is 534. The number of benzene rings is 1. The molecule has 1 aromatic rings. The average molecular weight is 304 g/mol. The molecule has 5 heteroatoms. The van der Waals surface area contributed by atoms with Crippen molar-refractivity contribution in [1.29, 1.82) is 0 Å². The quantitative estimate of drug-likeness (QED) is 0.911. The van der Waals surface area contributed by atoms with E-state index in [1.807, 2.05) is 29.2 Å². The molecule has 3 rings (SSSR count). The molecule has 2 heterocycles. The highest BCUT2D eigenvalue weighted by molar-refractivity contribution is 5.80. The molecule has 1 fully saturated rings. The highest BCUT2D eigenvalue weighted by atomic mass is 16.5. The first-order valence-electron chi connectivity index (χ1n) is 7.97. The van der Waals surface area contributed by atoms with E-state index in [1.54, 1.807) is 7.11 Å². The molecule has 0 bridgehead atoms. The van der Waals surface area contributed by atoms with Gasteiger partial charge in [-0.1, -0.05) is 18.2 Å². The minimum absolute atomic E-state index is 0.0726. The second-order valence-corrected chi connectivity index (χ2v) is 6.12. The SMILES string of the molecule is COC1CCN(C(=O)C2COc3ccccc3C2)C(CN)C1. The summed E-state index contributed by atoms with van der Waals surface area (Å²) in [5.41, 5.74) is 6.99. The third-order valence-electron chi connectivity index (χ3n) is 4.78. The van der Waals surface area contributed by atoms with Gasteiger partial charge >= 0.3 is 0 Å². The van der Waals surface area contributed by atoms with Crippen LogP contribution in [0.4, 0.5) is 0 Å². The van der Waals surface area contributed by atoms with Gasteiger partial charge in [0.25, 0.3) is 0 Å². The molecule has 1 saturated heterocycles. The highest BCUT2D eigenvalue weighted by Gasteiger charge is 2.36. The first kappa shape index (κ1) is 15.3. The molecule has 2 aliphatic rings. The maximum absolute atomic E-state index is 12.9. The molecule has 120 valence electrons. The molecule has 1 aromatic carbocycles. The first-order valence-corrected chi connectivity index (χ1v) is 7.97. The van der Waals surface area contributed by atoms with E-state index in [0.717, 1.165) is 37.1 Å². The summed E-state index contributed by atoms with van der Waals surface area (Å²) in [5, 5.41) is 0. The third kappa shape index (κ3) is 2.96. The van der Waals surface area contributed by atoms with Gasteiger partial charge in [0, 0.05) is 26.2 Å². The fraction of sp³-hybridized carbons (Fsp3) is 0.588. The Labute approximate surface area is 131 Å². The van der Waals surface area contributed by atoms with Gasteiger partial charge < -0.3 is 20.1 Å². The lowest BCUT2D eigenvalue weighted by Gasteiger charge is -2.40. The maximum Gasteiger partial charge on any atom is 0.229 e. The molecule has 3 atom stereocenters. The molecule has 0 aromatic heterocycles. The predicted octanol–water partition coefficient (Wildman–Crippen LogP) is 1.20. The number of nitrogens with zero attached hydrogens (tertiary/aromatic N) is 1. The van der Waals surface area contributed by atoms with Crippen LogP contribution in [0.5, 0.6) is 5.75 Å². The number of carbonyl (C=O) groups is 1. The minimum atomic E-state index is -0.108. The Morgan fingerprint density at radius 3 is 3.05 bits per heavy atom. The Morgan fingerprint density at radius 1 is 1.45 bits per heavy atom. The summed E-state index contributed by atoms with van der Waals surface area (Å²) in [6.07, 6.45) is 2.66. The third-order valence-corrected chi connectivity index (χ3v) is 4.78. The number of hydrogen-bond acceptors (Lipinski definition) is 4. The first-order chi connectivity index (χ1) is 10.7. The minimum Gasteiger partial charge on any atom is -0.492 e. The summed E-state index contributed by atoms with van der Waals surface area (Å²) in [7, 11) is 1.72. The van der Waals surface area contributed by atoms with E-state index in [2.05, 4.69) is 0 Å². The van der Waals surface area contributed by atoms with Gasteiger partial charge in [-0.3, -0.25) is 4.79 Å². The fourth-order valence-electron chi connectivity index (χ4n) is 3.46. The second kappa shape index (κ2) is 6.67. The van der Waals surface area contributed by atoms with Crippen molar-refractivity contribution in [2.45, 2.75) is 31.4 Å². The van der Waals surface area contributed by atoms with Crippen LogP contribution in [-0.2, 0) is 16.0 Å². The van der Waals surface area contributed by atoms with E-state index >= 15 is 0 Å². The van der Waals surface area contributed by atoms with Gasteiger partial charge in [-0.25, -0.2) is 0 Å². The Hall–Kier alpha value is -1.59. The molecule has 0 spiro atoms. The van der Waals surface area contributed by atoms with Crippen molar-refractivity contribution in [1.82, 2.24) is 4.90 Å². The van der Waals surface area contributed by atoms with E-state index in [-0.39, 0.29) is 24.0 Å². The molecule has 0 aliphatic carbocycles. The molecule has 2 N–H and O–H groups in total. The van der Waals surface area contributed by atoms with Crippen molar-refractivity contribution in [3.63, 3.8) is 0 Å². The van der Waals surface area contributed by atoms with Crippen LogP contribution in [0.15, 0.2) is 24.3 Å². The number of para-hydroxylation sites is 1. The van der Waals surface area contributed by atoms with Crippen LogP contribution in [0.1, 0.15) is 18.4 Å². The van der Waals surface area contributed by atoms with Gasteiger partial charge in [-0.05, 0) is 30.9 Å². The lowest BCUT2D eigenvalue weighted by atomic mass is 9.92. The van der Waals surface area contributed by atoms with Gasteiger partial charge in [-0.2, -0.15) is 0 Å². The molecule has 0 radical (unpaired) electrons. The standard InChI is InChI=1S/C17H24N2O3/c1-21-15-6-7-19(14(9-15)10-18)17(20)13-8-12-4-2-3-5-16(12)22-11-13/h2-5,13-15H,6-11,18H2,1H3. The van der Waals surface area contributed by atoms with Crippen molar-refractivity contribution in [3.05, 3.63) is 29.8 Å². The lowest BCUT2D eigenvalue weighted by Crippen LogP contribution is -2.54. The van der Waals surface area contributed by atoms with Crippen molar-refractivity contribution in [2.75, 3.05) is 26.8 Å². The van der Waals surface area contributed by atoms with Gasteiger partial charge in [0.05, 0.1) is 12.0 Å². The number of piperidine rings is 1. The summed E-state index contributed by atoms with van der Waals surface area (Å²) in [4.78, 5) is 14.8. The van der Waals surface area contributed by atoms with Crippen LogP contribution in [0, 0.1) is 5.92 Å². The van der Waals surface area contributed by atoms with Crippen LogP contribution in [0.2, 0.25) is 0 Å². The molecule has 2 aliphatic heterocycles. The maximum atomic E-state index is 12.9. The Kier molecular flexibility index (Phi) is 4.64. The van der Waals surface area contributed by atoms with Crippen molar-refractivity contribution in [2.24, 2.45) is 11.7 Å². The van der Waals surface area contributed by atoms with Crippen LogP contribution >= 0.6 is 0 Å². The average Bonchev–Trinajstić information content (AvgIpc) is 2.60. The second-order valence-electron chi connectivity index (χ2n) is 6.12. The smallest absolute Gasteiger partial charge is 0.229 e. The number of methoxy groups -OCH3 is 1. The van der Waals surface area contributed by atoms with Crippen LogP contribution in [-0.4, -0.2) is 49.8 Å². The monoisotopic (exact) mass is 304 g/mol. The summed E-state index contributed by atoms with van der Waals surface area (Å²) in [6.45, 7) is 1.66. The normalized spacial score (nSPS) is 27.9. The van der Waals surface area contributed by atoms with Crippen molar-refractivity contribution in [3.8, 4) is 5.75 Å². The topological polar surface area (TPSA) is 64.8 Å². The molecule has 1 amide bonds. The zero-order chi connectivity index (χ0) is 15.5. The van der Waals surface area contributed by atoms with E-state index in [0.29, 0.717) is 13.2 Å². The zero-order valence-electron chi connectivity index (χ0n) is 13.0. The van der Waals surface area contributed by atoms with Gasteiger partial charge in [0.15, 0.2) is 0 Å². The summed E-state index contributed by atoms with van der Waals surface area (Å²) in [6, 6.07) is 8.01. The Balaban J connectivity index is 1.69. The van der Waals surface area contributed by atoms with Crippen LogP contribution < -0.4 is 10.5 Å². The number of fused-ring (bicyclic) bond motifs is 1. The molecule has 3 unspecified atom stereocenters. The van der Waals surface area contributed by atoms with Crippen molar-refractivity contribution >= 4 is 5.91 Å². The van der Waals surface area contributed by atoms with Crippen LogP contribution in [0.25, 0.3) is 0 Å². The Morgan fingerprint density at radius 2 is 2.27 bits per heavy atom. The molecular formula is C17H24N2O3. The molecule has 5 nitrogen and oxygen atoms in total. The number of hydrogen-bond donors (Lipinski definition) is 1. The predicted molar refractivity (Wildman–Crippen MR) is 83.7 cm³/mol. The van der Waals surface area contributed by atoms with E-state index in [1.165, 1.54) is 0 Å². The summed E-state index contributed by atoms with van der Waals surface area (Å²) >= 11 is 0. The van der Waals surface area contributed by atoms with E-state index < -0.39 is 0 Å². The van der Waals surface area contributed by atoms with Gasteiger partial charge in [-0.15, -0.1) is 0 Å². The van der Waals surface area contributed by atoms with Gasteiger partial charge in [0.1, 0.15) is 12.4 Å². The van der Waals surface area contributed by atoms with Crippen LogP contribution in [0.3, 0.4) is 0 Å². The fourth-order valence-corrected chi connectivity index (χ4v) is 3.46. The summed E-state index contributed by atoms with van der Waals surface area (Å²) in [5.74, 6) is 0.961. The number of carbonyl (C=O) groups excluding carboxylic acids is 1. The number of likely N-dealkylation sites (tertiary alicyclic amines) is 1. The lowest BCUT2D eigenvalue weighted by molar-refractivity contribution is -0.142. The number of ether oxygens (including phenoxy) is 2. The van der Waals surface area contributed by atoms with Gasteiger partial charge in [0.2, 0.25) is 5.91 Å². The largest absolute Gasteiger partial charge is 0.492 e. The molecular weight excluding hydrogens is 280 g/mol.